The third-order valence-electron chi connectivity index (χ3n) is 5.03. The summed E-state index contributed by atoms with van der Waals surface area (Å²) in [6, 6.07) is 8.48. The Morgan fingerprint density at radius 1 is 1.12 bits per heavy atom. The average Bonchev–Trinajstić information content (AvgIpc) is 2.98. The first-order valence-corrected chi connectivity index (χ1v) is 10.6. The van der Waals surface area contributed by atoms with Gasteiger partial charge in [0.1, 0.15) is 5.72 Å². The molecule has 2 aliphatic heterocycles. The number of hydrogen-bond acceptors (Lipinski definition) is 4. The number of likely N-dealkylation sites (tertiary alicyclic amines) is 1. The quantitative estimate of drug-likeness (QED) is 0.808. The van der Waals surface area contributed by atoms with Gasteiger partial charge in [0.2, 0.25) is 15.9 Å². The Bertz CT molecular complexity index is 747. The average molecular weight is 381 g/mol. The summed E-state index contributed by atoms with van der Waals surface area (Å²) < 4.78 is 33.6. The summed E-state index contributed by atoms with van der Waals surface area (Å²) >= 11 is 0. The Morgan fingerprint density at radius 2 is 1.73 bits per heavy atom. The van der Waals surface area contributed by atoms with Crippen LogP contribution in [0.25, 0.3) is 0 Å². The molecule has 2 saturated heterocycles. The number of sulfonamides is 1. The van der Waals surface area contributed by atoms with E-state index in [0.717, 1.165) is 0 Å². The maximum Gasteiger partial charge on any atom is 0.245 e. The number of amides is 1. The number of carbonyl (C=O) groups is 1. The van der Waals surface area contributed by atoms with Gasteiger partial charge in [-0.3, -0.25) is 4.79 Å². The van der Waals surface area contributed by atoms with E-state index in [4.69, 9.17) is 4.74 Å². The molecule has 6 nitrogen and oxygen atoms in total. The maximum absolute atomic E-state index is 13.1. The van der Waals surface area contributed by atoms with E-state index in [9.17, 15) is 13.2 Å². The number of benzene rings is 1. The second kappa shape index (κ2) is 6.94. The molecule has 1 aromatic rings. The van der Waals surface area contributed by atoms with Crippen LogP contribution < -0.4 is 0 Å². The van der Waals surface area contributed by atoms with E-state index in [-0.39, 0.29) is 16.2 Å². The molecule has 26 heavy (non-hydrogen) atoms. The summed E-state index contributed by atoms with van der Waals surface area (Å²) in [5.74, 6) is 0.128. The molecule has 0 bridgehead atoms. The van der Waals surface area contributed by atoms with Gasteiger partial charge in [0.25, 0.3) is 0 Å². The molecule has 0 aliphatic carbocycles. The van der Waals surface area contributed by atoms with Crippen LogP contribution in [0.2, 0.25) is 0 Å². The van der Waals surface area contributed by atoms with Crippen LogP contribution in [-0.4, -0.2) is 55.5 Å². The van der Waals surface area contributed by atoms with Crippen LogP contribution in [0.15, 0.2) is 35.2 Å². The van der Waals surface area contributed by atoms with Crippen LogP contribution in [0.4, 0.5) is 0 Å². The van der Waals surface area contributed by atoms with E-state index in [1.165, 1.54) is 4.31 Å². The number of nitrogens with zero attached hydrogens (tertiary/aromatic N) is 2. The van der Waals surface area contributed by atoms with Gasteiger partial charge in [-0.1, -0.05) is 39.0 Å². The molecule has 2 fully saturated rings. The van der Waals surface area contributed by atoms with E-state index >= 15 is 0 Å². The van der Waals surface area contributed by atoms with Crippen molar-refractivity contribution in [2.75, 3.05) is 26.2 Å². The van der Waals surface area contributed by atoms with E-state index in [0.29, 0.717) is 45.5 Å². The molecule has 0 unspecified atom stereocenters. The van der Waals surface area contributed by atoms with Crippen molar-refractivity contribution in [1.82, 2.24) is 9.21 Å². The minimum Gasteiger partial charge on any atom is -0.358 e. The topological polar surface area (TPSA) is 66.9 Å². The monoisotopic (exact) mass is 380 g/mol. The number of rotatable bonds is 3. The van der Waals surface area contributed by atoms with Crippen LogP contribution in [0.5, 0.6) is 0 Å². The lowest BCUT2D eigenvalue weighted by molar-refractivity contribution is -0.141. The van der Waals surface area contributed by atoms with Crippen molar-refractivity contribution in [3.05, 3.63) is 30.3 Å². The Labute approximate surface area is 156 Å². The third-order valence-corrected chi connectivity index (χ3v) is 6.99. The number of piperidine rings is 1. The molecule has 0 N–H and O–H groups in total. The summed E-state index contributed by atoms with van der Waals surface area (Å²) in [6.45, 7) is 7.93. The lowest BCUT2D eigenvalue weighted by atomic mass is 9.91. The van der Waals surface area contributed by atoms with Crippen LogP contribution in [0.1, 0.15) is 40.0 Å². The molecule has 0 radical (unpaired) electrons. The van der Waals surface area contributed by atoms with Gasteiger partial charge in [-0.15, -0.1) is 0 Å². The smallest absolute Gasteiger partial charge is 0.245 e. The fourth-order valence-corrected chi connectivity index (χ4v) is 5.46. The van der Waals surface area contributed by atoms with E-state index < -0.39 is 15.7 Å². The third kappa shape index (κ3) is 3.80. The molecule has 0 atom stereocenters. The Kier molecular flexibility index (Phi) is 5.16. The Balaban J connectivity index is 1.74. The SMILES string of the molecule is CC(C)(C)CC(=O)N1CCC2(CC1)OCCN2S(=O)(=O)c1ccccc1. The van der Waals surface area contributed by atoms with Crippen molar-refractivity contribution in [3.63, 3.8) is 0 Å². The summed E-state index contributed by atoms with van der Waals surface area (Å²) in [7, 11) is -3.61. The highest BCUT2D eigenvalue weighted by Gasteiger charge is 2.50. The molecule has 1 amide bonds. The van der Waals surface area contributed by atoms with Gasteiger partial charge in [-0.05, 0) is 17.5 Å². The zero-order valence-electron chi connectivity index (χ0n) is 15.8. The highest BCUT2D eigenvalue weighted by molar-refractivity contribution is 7.89. The van der Waals surface area contributed by atoms with Gasteiger partial charge < -0.3 is 9.64 Å². The van der Waals surface area contributed by atoms with Crippen molar-refractivity contribution in [2.24, 2.45) is 5.41 Å². The van der Waals surface area contributed by atoms with Crippen LogP contribution in [0, 0.1) is 5.41 Å². The highest BCUT2D eigenvalue weighted by atomic mass is 32.2. The second-order valence-electron chi connectivity index (χ2n) is 8.30. The lowest BCUT2D eigenvalue weighted by Gasteiger charge is -2.43. The number of hydrogen-bond donors (Lipinski definition) is 0. The molecule has 2 heterocycles. The predicted molar refractivity (Wildman–Crippen MR) is 98.9 cm³/mol. The van der Waals surface area contributed by atoms with Crippen molar-refractivity contribution in [3.8, 4) is 0 Å². The lowest BCUT2D eigenvalue weighted by Crippen LogP contribution is -2.55. The van der Waals surface area contributed by atoms with Crippen LogP contribution >= 0.6 is 0 Å². The molecular formula is C19H28N2O4S. The van der Waals surface area contributed by atoms with Gasteiger partial charge in [0.05, 0.1) is 11.5 Å². The number of carbonyl (C=O) groups excluding carboxylic acids is 1. The molecule has 0 aromatic heterocycles. The molecule has 1 aromatic carbocycles. The van der Waals surface area contributed by atoms with E-state index in [1.54, 1.807) is 30.3 Å². The molecule has 0 saturated carbocycles. The molecule has 1 spiro atoms. The predicted octanol–water partition coefficient (Wildman–Crippen LogP) is 2.46. The second-order valence-corrected chi connectivity index (χ2v) is 10.2. The summed E-state index contributed by atoms with van der Waals surface area (Å²) in [5.41, 5.74) is -0.883. The summed E-state index contributed by atoms with van der Waals surface area (Å²) in [5, 5.41) is 0. The van der Waals surface area contributed by atoms with Crippen LogP contribution in [0.3, 0.4) is 0 Å². The van der Waals surface area contributed by atoms with Crippen molar-refractivity contribution >= 4 is 15.9 Å². The van der Waals surface area contributed by atoms with Crippen molar-refractivity contribution in [2.45, 2.75) is 50.7 Å². The molecule has 3 rings (SSSR count). The fourth-order valence-electron chi connectivity index (χ4n) is 3.72. The van der Waals surface area contributed by atoms with Gasteiger partial charge in [-0.2, -0.15) is 4.31 Å². The van der Waals surface area contributed by atoms with E-state index in [2.05, 4.69) is 0 Å². The standard InChI is InChI=1S/C19H28N2O4S/c1-18(2,3)15-17(22)20-11-9-19(10-12-20)21(13-14-25-19)26(23,24)16-7-5-4-6-8-16/h4-8H,9-15H2,1-3H3. The first-order chi connectivity index (χ1) is 12.1. The normalized spacial score (nSPS) is 21.3. The van der Waals surface area contributed by atoms with Crippen LogP contribution in [-0.2, 0) is 19.6 Å². The Hall–Kier alpha value is -1.44. The van der Waals surface area contributed by atoms with Gasteiger partial charge in [-0.25, -0.2) is 8.42 Å². The van der Waals surface area contributed by atoms with Gasteiger partial charge >= 0.3 is 0 Å². The molecule has 144 valence electrons. The minimum atomic E-state index is -3.61. The highest BCUT2D eigenvalue weighted by Crippen LogP contribution is 2.38. The van der Waals surface area contributed by atoms with Gasteiger partial charge in [0.15, 0.2) is 0 Å². The first kappa shape index (κ1) is 19.3. The first-order valence-electron chi connectivity index (χ1n) is 9.14. The molecular weight excluding hydrogens is 352 g/mol. The summed E-state index contributed by atoms with van der Waals surface area (Å²) in [4.78, 5) is 14.6. The Morgan fingerprint density at radius 3 is 2.31 bits per heavy atom. The van der Waals surface area contributed by atoms with E-state index in [1.807, 2.05) is 25.7 Å². The maximum atomic E-state index is 13.1. The van der Waals surface area contributed by atoms with Crippen molar-refractivity contribution < 1.29 is 17.9 Å². The fraction of sp³-hybridized carbons (Fsp3) is 0.632. The zero-order chi connectivity index (χ0) is 19.0. The largest absolute Gasteiger partial charge is 0.358 e. The van der Waals surface area contributed by atoms with Crippen molar-refractivity contribution in [1.29, 1.82) is 0 Å². The van der Waals surface area contributed by atoms with Gasteiger partial charge in [0, 0.05) is 38.9 Å². The molecule has 2 aliphatic rings. The molecule has 7 heteroatoms. The zero-order valence-corrected chi connectivity index (χ0v) is 16.6. The minimum absolute atomic E-state index is 0.0568. The number of ether oxygens (including phenoxy) is 1. The summed E-state index contributed by atoms with van der Waals surface area (Å²) in [6.07, 6.45) is 1.51.